The summed E-state index contributed by atoms with van der Waals surface area (Å²) in [5.74, 6) is 3.32. The lowest BCUT2D eigenvalue weighted by Gasteiger charge is -2.25. The molecule has 3 nitrogen and oxygen atoms in total. The molecule has 116 valence electrons. The van der Waals surface area contributed by atoms with Gasteiger partial charge >= 0.3 is 0 Å². The number of pyridine rings is 1. The zero-order valence-electron chi connectivity index (χ0n) is 13.0. The molecule has 1 aliphatic rings. The number of rotatable bonds is 5. The second kappa shape index (κ2) is 7.05. The van der Waals surface area contributed by atoms with Gasteiger partial charge in [0.1, 0.15) is 11.5 Å². The van der Waals surface area contributed by atoms with Gasteiger partial charge in [-0.3, -0.25) is 4.98 Å². The Bertz CT molecular complexity index is 627. The summed E-state index contributed by atoms with van der Waals surface area (Å²) >= 11 is 1.82. The summed E-state index contributed by atoms with van der Waals surface area (Å²) < 4.78 is 11.1. The van der Waals surface area contributed by atoms with Gasteiger partial charge in [0.05, 0.1) is 13.7 Å². The molecule has 0 amide bonds. The van der Waals surface area contributed by atoms with E-state index in [1.165, 1.54) is 11.1 Å². The molecule has 0 spiro atoms. The molecule has 3 rings (SSSR count). The number of nitrogens with zero attached hydrogens (tertiary/aromatic N) is 1. The molecule has 0 unspecified atom stereocenters. The minimum absolute atomic E-state index is 0.486. The number of aromatic nitrogens is 1. The minimum atomic E-state index is 0.486. The summed E-state index contributed by atoms with van der Waals surface area (Å²) in [6.45, 7) is 0.744. The van der Waals surface area contributed by atoms with Crippen LogP contribution >= 0.6 is 11.8 Å². The first kappa shape index (κ1) is 15.2. The Kier molecular flexibility index (Phi) is 4.88. The van der Waals surface area contributed by atoms with Gasteiger partial charge < -0.3 is 9.47 Å². The smallest absolute Gasteiger partial charge is 0.126 e. The standard InChI is InChI=1S/C18H21NO2S/c1-20-17-6-4-15-7-14(11-21-18(15)9-17)8-16-5-3-13(10-19-16)12-22-2/h3-6,9-10,14H,7-8,11-12H2,1-2H3/t14-/m0/s1. The van der Waals surface area contributed by atoms with Crippen LogP contribution in [0.1, 0.15) is 16.8 Å². The highest BCUT2D eigenvalue weighted by Crippen LogP contribution is 2.31. The first-order chi connectivity index (χ1) is 10.8. The fraction of sp³-hybridized carbons (Fsp3) is 0.389. The molecule has 1 aliphatic heterocycles. The molecule has 1 atom stereocenters. The van der Waals surface area contributed by atoms with Crippen LogP contribution in [0.25, 0.3) is 0 Å². The second-order valence-corrected chi connectivity index (χ2v) is 6.52. The maximum absolute atomic E-state index is 5.90. The molecule has 0 fully saturated rings. The van der Waals surface area contributed by atoms with Crippen LogP contribution < -0.4 is 9.47 Å². The Balaban J connectivity index is 1.64. The average Bonchev–Trinajstić information content (AvgIpc) is 2.56. The molecule has 0 aliphatic carbocycles. The van der Waals surface area contributed by atoms with Gasteiger partial charge in [0.2, 0.25) is 0 Å². The minimum Gasteiger partial charge on any atom is -0.497 e. The molecule has 22 heavy (non-hydrogen) atoms. The molecule has 0 radical (unpaired) electrons. The van der Waals surface area contributed by atoms with Crippen LogP contribution in [-0.4, -0.2) is 25.0 Å². The summed E-state index contributed by atoms with van der Waals surface area (Å²) in [7, 11) is 1.68. The molecule has 0 bridgehead atoms. The van der Waals surface area contributed by atoms with E-state index in [9.17, 15) is 0 Å². The van der Waals surface area contributed by atoms with Crippen molar-refractivity contribution in [1.29, 1.82) is 0 Å². The predicted octanol–water partition coefficient (Wildman–Crippen LogP) is 3.75. The average molecular weight is 315 g/mol. The Morgan fingerprint density at radius 1 is 1.32 bits per heavy atom. The topological polar surface area (TPSA) is 31.4 Å². The van der Waals surface area contributed by atoms with Crippen molar-refractivity contribution in [3.63, 3.8) is 0 Å². The SMILES string of the molecule is COc1ccc2c(c1)OC[C@H](Cc1ccc(CSC)cn1)C2. The number of hydrogen-bond donors (Lipinski definition) is 0. The molecule has 4 heteroatoms. The van der Waals surface area contributed by atoms with Crippen LogP contribution in [0.2, 0.25) is 0 Å². The van der Waals surface area contributed by atoms with Crippen LogP contribution in [-0.2, 0) is 18.6 Å². The molecule has 0 saturated heterocycles. The quantitative estimate of drug-likeness (QED) is 0.841. The largest absolute Gasteiger partial charge is 0.497 e. The number of ether oxygens (including phenoxy) is 2. The predicted molar refractivity (Wildman–Crippen MR) is 90.8 cm³/mol. The Labute approximate surface area is 136 Å². The Morgan fingerprint density at radius 2 is 2.23 bits per heavy atom. The van der Waals surface area contributed by atoms with E-state index >= 15 is 0 Å². The van der Waals surface area contributed by atoms with Gasteiger partial charge in [0.25, 0.3) is 0 Å². The van der Waals surface area contributed by atoms with E-state index in [0.717, 1.165) is 42.4 Å². The van der Waals surface area contributed by atoms with Crippen molar-refractivity contribution in [1.82, 2.24) is 4.98 Å². The summed E-state index contributed by atoms with van der Waals surface area (Å²) in [4.78, 5) is 4.59. The van der Waals surface area contributed by atoms with Crippen LogP contribution in [0, 0.1) is 5.92 Å². The van der Waals surface area contributed by atoms with Gasteiger partial charge in [-0.25, -0.2) is 0 Å². The van der Waals surface area contributed by atoms with Gasteiger partial charge in [-0.15, -0.1) is 0 Å². The van der Waals surface area contributed by atoms with Gasteiger partial charge in [-0.1, -0.05) is 12.1 Å². The maximum Gasteiger partial charge on any atom is 0.126 e. The van der Waals surface area contributed by atoms with Crippen LogP contribution in [0.4, 0.5) is 0 Å². The third-order valence-electron chi connectivity index (χ3n) is 3.95. The van der Waals surface area contributed by atoms with Gasteiger partial charge in [0.15, 0.2) is 0 Å². The molecular formula is C18H21NO2S. The fourth-order valence-corrected chi connectivity index (χ4v) is 3.30. The number of thioether (sulfide) groups is 1. The molecule has 1 aromatic carbocycles. The van der Waals surface area contributed by atoms with Crippen LogP contribution in [0.15, 0.2) is 36.5 Å². The first-order valence-corrected chi connectivity index (χ1v) is 8.90. The first-order valence-electron chi connectivity index (χ1n) is 7.51. The second-order valence-electron chi connectivity index (χ2n) is 5.65. The van der Waals surface area contributed by atoms with E-state index in [0.29, 0.717) is 5.92 Å². The lowest BCUT2D eigenvalue weighted by molar-refractivity contribution is 0.219. The summed E-state index contributed by atoms with van der Waals surface area (Å²) in [6.07, 6.45) is 6.10. The summed E-state index contributed by atoms with van der Waals surface area (Å²) in [5.41, 5.74) is 3.69. The van der Waals surface area contributed by atoms with Crippen LogP contribution in [0.3, 0.4) is 0 Å². The van der Waals surface area contributed by atoms with Crippen molar-refractivity contribution in [2.24, 2.45) is 5.92 Å². The van der Waals surface area contributed by atoms with E-state index in [1.54, 1.807) is 7.11 Å². The summed E-state index contributed by atoms with van der Waals surface area (Å²) in [5, 5.41) is 0. The van der Waals surface area contributed by atoms with Gasteiger partial charge in [-0.2, -0.15) is 11.8 Å². The van der Waals surface area contributed by atoms with E-state index in [2.05, 4.69) is 29.4 Å². The third kappa shape index (κ3) is 3.55. The van der Waals surface area contributed by atoms with Gasteiger partial charge in [-0.05, 0) is 42.4 Å². The number of fused-ring (bicyclic) bond motifs is 1. The van der Waals surface area contributed by atoms with E-state index < -0.39 is 0 Å². The lowest BCUT2D eigenvalue weighted by Crippen LogP contribution is -2.23. The van der Waals surface area contributed by atoms with E-state index in [-0.39, 0.29) is 0 Å². The monoisotopic (exact) mass is 315 g/mol. The molecule has 0 N–H and O–H groups in total. The van der Waals surface area contributed by atoms with Crippen molar-refractivity contribution in [3.8, 4) is 11.5 Å². The van der Waals surface area contributed by atoms with Crippen LogP contribution in [0.5, 0.6) is 11.5 Å². The fourth-order valence-electron chi connectivity index (χ4n) is 2.80. The zero-order valence-corrected chi connectivity index (χ0v) is 13.9. The highest BCUT2D eigenvalue weighted by molar-refractivity contribution is 7.97. The summed E-state index contributed by atoms with van der Waals surface area (Å²) in [6, 6.07) is 10.4. The number of benzene rings is 1. The van der Waals surface area contributed by atoms with Crippen molar-refractivity contribution in [2.45, 2.75) is 18.6 Å². The van der Waals surface area contributed by atoms with Crippen molar-refractivity contribution < 1.29 is 9.47 Å². The van der Waals surface area contributed by atoms with Crippen molar-refractivity contribution >= 4 is 11.8 Å². The third-order valence-corrected chi connectivity index (χ3v) is 4.57. The Hall–Kier alpha value is -1.68. The van der Waals surface area contributed by atoms with Crippen molar-refractivity contribution in [2.75, 3.05) is 20.0 Å². The zero-order chi connectivity index (χ0) is 15.4. The lowest BCUT2D eigenvalue weighted by atomic mass is 9.92. The maximum atomic E-state index is 5.90. The van der Waals surface area contributed by atoms with E-state index in [4.69, 9.17) is 9.47 Å². The molecule has 2 aromatic rings. The highest BCUT2D eigenvalue weighted by Gasteiger charge is 2.21. The highest BCUT2D eigenvalue weighted by atomic mass is 32.2. The molecule has 0 saturated carbocycles. The normalized spacial score (nSPS) is 16.7. The molecule has 2 heterocycles. The molecular weight excluding hydrogens is 294 g/mol. The Morgan fingerprint density at radius 3 is 2.95 bits per heavy atom. The number of methoxy groups -OCH3 is 1. The molecule has 1 aromatic heterocycles. The van der Waals surface area contributed by atoms with Crippen molar-refractivity contribution in [3.05, 3.63) is 53.3 Å². The van der Waals surface area contributed by atoms with Gasteiger partial charge in [0, 0.05) is 29.6 Å². The number of hydrogen-bond acceptors (Lipinski definition) is 4. The van der Waals surface area contributed by atoms with E-state index in [1.807, 2.05) is 30.1 Å².